The van der Waals surface area contributed by atoms with Crippen LogP contribution in [0.1, 0.15) is 43.0 Å². The Hall–Kier alpha value is -2.04. The highest BCUT2D eigenvalue weighted by atomic mass is 16.5. The fourth-order valence-electron chi connectivity index (χ4n) is 4.16. The van der Waals surface area contributed by atoms with E-state index < -0.39 is 5.97 Å². The van der Waals surface area contributed by atoms with Gasteiger partial charge in [-0.1, -0.05) is 18.6 Å². The summed E-state index contributed by atoms with van der Waals surface area (Å²) < 4.78 is 4.99. The number of hydrogen-bond donors (Lipinski definition) is 2. The molecule has 3 rings (SSSR count). The maximum absolute atomic E-state index is 12.0. The SMILES string of the molecule is C[C@@H](NC(=O)COC(=O)c1ccccc1O)[C@H]1C[C@H]2CC[C@H]1C2. The summed E-state index contributed by atoms with van der Waals surface area (Å²) in [6, 6.07) is 6.24. The van der Waals surface area contributed by atoms with Gasteiger partial charge in [0.2, 0.25) is 0 Å². The fourth-order valence-corrected chi connectivity index (χ4v) is 4.16. The molecule has 0 spiro atoms. The molecule has 0 heterocycles. The van der Waals surface area contributed by atoms with Crippen molar-refractivity contribution in [2.24, 2.45) is 17.8 Å². The van der Waals surface area contributed by atoms with Crippen molar-refractivity contribution in [2.45, 2.75) is 38.6 Å². The van der Waals surface area contributed by atoms with Crippen LogP contribution < -0.4 is 5.32 Å². The van der Waals surface area contributed by atoms with E-state index in [9.17, 15) is 14.7 Å². The van der Waals surface area contributed by atoms with E-state index in [-0.39, 0.29) is 29.9 Å². The van der Waals surface area contributed by atoms with Crippen molar-refractivity contribution in [3.05, 3.63) is 29.8 Å². The predicted octanol–water partition coefficient (Wildman–Crippen LogP) is 2.49. The number of benzene rings is 1. The lowest BCUT2D eigenvalue weighted by Crippen LogP contribution is -2.42. The maximum atomic E-state index is 12.0. The monoisotopic (exact) mass is 317 g/mol. The number of para-hydroxylation sites is 1. The molecule has 2 aliphatic rings. The van der Waals surface area contributed by atoms with Crippen LogP contribution in [0.2, 0.25) is 0 Å². The van der Waals surface area contributed by atoms with E-state index in [4.69, 9.17) is 4.74 Å². The van der Waals surface area contributed by atoms with E-state index in [0.717, 1.165) is 11.8 Å². The molecular formula is C18H23NO4. The summed E-state index contributed by atoms with van der Waals surface area (Å²) in [7, 11) is 0. The number of nitrogens with one attached hydrogen (secondary N) is 1. The number of amides is 1. The Balaban J connectivity index is 1.46. The summed E-state index contributed by atoms with van der Waals surface area (Å²) in [5.74, 6) is 0.997. The second-order valence-electron chi connectivity index (χ2n) is 6.79. The van der Waals surface area contributed by atoms with E-state index in [1.807, 2.05) is 6.92 Å². The molecule has 0 saturated heterocycles. The van der Waals surface area contributed by atoms with Gasteiger partial charge in [-0.3, -0.25) is 4.79 Å². The van der Waals surface area contributed by atoms with Crippen LogP contribution in [0.4, 0.5) is 0 Å². The molecule has 0 radical (unpaired) electrons. The van der Waals surface area contributed by atoms with Crippen molar-refractivity contribution in [3.63, 3.8) is 0 Å². The number of carbonyl (C=O) groups is 2. The molecule has 2 aliphatic carbocycles. The molecule has 23 heavy (non-hydrogen) atoms. The third-order valence-electron chi connectivity index (χ3n) is 5.28. The van der Waals surface area contributed by atoms with Gasteiger partial charge in [-0.25, -0.2) is 4.79 Å². The molecule has 5 heteroatoms. The molecular weight excluding hydrogens is 294 g/mol. The third kappa shape index (κ3) is 3.49. The smallest absolute Gasteiger partial charge is 0.342 e. The lowest BCUT2D eigenvalue weighted by atomic mass is 9.84. The number of phenols is 1. The first-order chi connectivity index (χ1) is 11.0. The Bertz CT molecular complexity index is 600. The summed E-state index contributed by atoms with van der Waals surface area (Å²) in [5, 5.41) is 12.5. The summed E-state index contributed by atoms with van der Waals surface area (Å²) in [5.41, 5.74) is 0.0708. The molecule has 2 N–H and O–H groups in total. The molecule has 1 aromatic carbocycles. The summed E-state index contributed by atoms with van der Waals surface area (Å²) >= 11 is 0. The number of aromatic hydroxyl groups is 1. The van der Waals surface area contributed by atoms with Gasteiger partial charge >= 0.3 is 5.97 Å². The minimum Gasteiger partial charge on any atom is -0.507 e. The van der Waals surface area contributed by atoms with Crippen LogP contribution in [0.15, 0.2) is 24.3 Å². The van der Waals surface area contributed by atoms with Crippen LogP contribution >= 0.6 is 0 Å². The van der Waals surface area contributed by atoms with Crippen molar-refractivity contribution in [2.75, 3.05) is 6.61 Å². The van der Waals surface area contributed by atoms with Crippen molar-refractivity contribution in [1.82, 2.24) is 5.32 Å². The summed E-state index contributed by atoms with van der Waals surface area (Å²) in [6.07, 6.45) is 5.11. The van der Waals surface area contributed by atoms with Crippen LogP contribution in [0, 0.1) is 17.8 Å². The third-order valence-corrected chi connectivity index (χ3v) is 5.28. The highest BCUT2D eigenvalue weighted by Crippen LogP contribution is 2.49. The first-order valence-electron chi connectivity index (χ1n) is 8.29. The zero-order valence-electron chi connectivity index (χ0n) is 13.3. The van der Waals surface area contributed by atoms with Gasteiger partial charge in [-0.15, -0.1) is 0 Å². The molecule has 2 fully saturated rings. The number of esters is 1. The van der Waals surface area contributed by atoms with E-state index in [0.29, 0.717) is 5.92 Å². The Morgan fingerprint density at radius 1 is 1.30 bits per heavy atom. The minimum absolute atomic E-state index is 0.0708. The number of hydrogen-bond acceptors (Lipinski definition) is 4. The van der Waals surface area contributed by atoms with E-state index in [2.05, 4.69) is 5.32 Å². The molecule has 124 valence electrons. The molecule has 2 saturated carbocycles. The normalized spacial score (nSPS) is 26.7. The van der Waals surface area contributed by atoms with Crippen LogP contribution in [-0.4, -0.2) is 29.6 Å². The highest BCUT2D eigenvalue weighted by molar-refractivity contribution is 5.93. The molecule has 0 aromatic heterocycles. The maximum Gasteiger partial charge on any atom is 0.342 e. The lowest BCUT2D eigenvalue weighted by molar-refractivity contribution is -0.125. The molecule has 0 aliphatic heterocycles. The topological polar surface area (TPSA) is 75.6 Å². The van der Waals surface area contributed by atoms with Crippen molar-refractivity contribution in [3.8, 4) is 5.75 Å². The van der Waals surface area contributed by atoms with Crippen molar-refractivity contribution >= 4 is 11.9 Å². The van der Waals surface area contributed by atoms with Crippen molar-refractivity contribution in [1.29, 1.82) is 0 Å². The van der Waals surface area contributed by atoms with Gasteiger partial charge in [0.25, 0.3) is 5.91 Å². The molecule has 5 nitrogen and oxygen atoms in total. The van der Waals surface area contributed by atoms with Gasteiger partial charge < -0.3 is 15.2 Å². The van der Waals surface area contributed by atoms with Gasteiger partial charge in [-0.05, 0) is 56.1 Å². The zero-order valence-corrected chi connectivity index (χ0v) is 13.3. The van der Waals surface area contributed by atoms with Crippen molar-refractivity contribution < 1.29 is 19.4 Å². The first-order valence-corrected chi connectivity index (χ1v) is 8.29. The zero-order chi connectivity index (χ0) is 16.4. The van der Waals surface area contributed by atoms with Gasteiger partial charge in [-0.2, -0.15) is 0 Å². The second-order valence-corrected chi connectivity index (χ2v) is 6.79. The number of carbonyl (C=O) groups excluding carboxylic acids is 2. The Kier molecular flexibility index (Phi) is 4.55. The molecule has 2 bridgehead atoms. The van der Waals surface area contributed by atoms with Crippen LogP contribution in [0.25, 0.3) is 0 Å². The van der Waals surface area contributed by atoms with E-state index >= 15 is 0 Å². The minimum atomic E-state index is -0.689. The van der Waals surface area contributed by atoms with Gasteiger partial charge in [0, 0.05) is 6.04 Å². The van der Waals surface area contributed by atoms with E-state index in [1.54, 1.807) is 12.1 Å². The number of ether oxygens (including phenoxy) is 1. The average molecular weight is 317 g/mol. The number of fused-ring (bicyclic) bond motifs is 2. The van der Waals surface area contributed by atoms with Crippen LogP contribution in [0.3, 0.4) is 0 Å². The Labute approximate surface area is 136 Å². The standard InChI is InChI=1S/C18H23NO4/c1-11(15-9-12-6-7-13(15)8-12)19-17(21)10-23-18(22)14-4-2-3-5-16(14)20/h2-5,11-13,15,20H,6-10H2,1H3,(H,19,21)/t11-,12+,13+,15-/m1/s1. The molecule has 1 aromatic rings. The van der Waals surface area contributed by atoms with Gasteiger partial charge in [0.15, 0.2) is 6.61 Å². The Morgan fingerprint density at radius 3 is 2.74 bits per heavy atom. The highest BCUT2D eigenvalue weighted by Gasteiger charge is 2.42. The molecule has 1 amide bonds. The van der Waals surface area contributed by atoms with Gasteiger partial charge in [0.05, 0.1) is 0 Å². The van der Waals surface area contributed by atoms with E-state index in [1.165, 1.54) is 37.8 Å². The molecule has 0 unspecified atom stereocenters. The Morgan fingerprint density at radius 2 is 2.09 bits per heavy atom. The fraction of sp³-hybridized carbons (Fsp3) is 0.556. The first kappa shape index (κ1) is 15.8. The second kappa shape index (κ2) is 6.60. The van der Waals surface area contributed by atoms with Crippen LogP contribution in [0.5, 0.6) is 5.75 Å². The average Bonchev–Trinajstić information content (AvgIpc) is 3.16. The van der Waals surface area contributed by atoms with Crippen LogP contribution in [-0.2, 0) is 9.53 Å². The summed E-state index contributed by atoms with van der Waals surface area (Å²) in [6.45, 7) is 1.71. The summed E-state index contributed by atoms with van der Waals surface area (Å²) in [4.78, 5) is 23.8. The largest absolute Gasteiger partial charge is 0.507 e. The predicted molar refractivity (Wildman–Crippen MR) is 84.9 cm³/mol. The number of phenolic OH excluding ortho intramolecular Hbond substituents is 1. The molecule has 4 atom stereocenters. The number of rotatable bonds is 5. The van der Waals surface area contributed by atoms with Gasteiger partial charge in [0.1, 0.15) is 11.3 Å². The lowest BCUT2D eigenvalue weighted by Gasteiger charge is -2.28. The quantitative estimate of drug-likeness (QED) is 0.818.